The Morgan fingerprint density at radius 3 is 2.88 bits per heavy atom. The first-order chi connectivity index (χ1) is 7.98. The fourth-order valence-corrected chi connectivity index (χ4v) is 4.20. The van der Waals surface area contributed by atoms with Crippen LogP contribution < -0.4 is 11.1 Å². The molecule has 2 heterocycles. The van der Waals surface area contributed by atoms with Crippen LogP contribution >= 0.6 is 11.3 Å². The van der Waals surface area contributed by atoms with Crippen LogP contribution in [0.5, 0.6) is 0 Å². The molecule has 1 aliphatic rings. The van der Waals surface area contributed by atoms with E-state index in [4.69, 9.17) is 5.73 Å². The lowest BCUT2D eigenvalue weighted by Gasteiger charge is -2.14. The number of amides is 1. The summed E-state index contributed by atoms with van der Waals surface area (Å²) in [6.07, 6.45) is 0.477. The lowest BCUT2D eigenvalue weighted by atomic mass is 10.2. The van der Waals surface area contributed by atoms with Gasteiger partial charge in [0.05, 0.1) is 11.5 Å². The van der Waals surface area contributed by atoms with Gasteiger partial charge in [-0.3, -0.25) is 4.79 Å². The molecule has 0 bridgehead atoms. The van der Waals surface area contributed by atoms with E-state index in [2.05, 4.69) is 5.32 Å². The van der Waals surface area contributed by atoms with Crippen molar-refractivity contribution in [3.05, 3.63) is 22.4 Å². The average molecular weight is 274 g/mol. The molecular formula is C10H14N2O3S2. The number of hydrogen-bond donors (Lipinski definition) is 2. The first-order valence-corrected chi connectivity index (χ1v) is 7.98. The molecule has 17 heavy (non-hydrogen) atoms. The largest absolute Gasteiger partial charge is 0.351 e. The third kappa shape index (κ3) is 3.05. The van der Waals surface area contributed by atoms with Gasteiger partial charge in [0.25, 0.3) is 0 Å². The van der Waals surface area contributed by atoms with E-state index in [9.17, 15) is 13.2 Å². The number of carbonyl (C=O) groups is 1. The summed E-state index contributed by atoms with van der Waals surface area (Å²) in [4.78, 5) is 12.6. The quantitative estimate of drug-likeness (QED) is 0.815. The van der Waals surface area contributed by atoms with Crippen molar-refractivity contribution in [3.63, 3.8) is 0 Å². The van der Waals surface area contributed by atoms with Gasteiger partial charge in [-0.2, -0.15) is 0 Å². The first kappa shape index (κ1) is 12.5. The minimum atomic E-state index is -2.97. The van der Waals surface area contributed by atoms with Gasteiger partial charge in [0, 0.05) is 10.9 Å². The van der Waals surface area contributed by atoms with Gasteiger partial charge in [-0.15, -0.1) is 11.3 Å². The molecule has 0 radical (unpaired) electrons. The lowest BCUT2D eigenvalue weighted by molar-refractivity contribution is -0.122. The number of thiophene rings is 1. The monoisotopic (exact) mass is 274 g/mol. The smallest absolute Gasteiger partial charge is 0.242 e. The predicted molar refractivity (Wildman–Crippen MR) is 66.4 cm³/mol. The van der Waals surface area contributed by atoms with Gasteiger partial charge in [0.1, 0.15) is 6.04 Å². The molecule has 5 nitrogen and oxygen atoms in total. The van der Waals surface area contributed by atoms with Crippen molar-refractivity contribution in [3.8, 4) is 0 Å². The SMILES string of the molecule is NC(C(=O)NC1CCS(=O)(=O)C1)c1cccs1. The molecule has 1 aromatic rings. The van der Waals surface area contributed by atoms with Crippen LogP contribution in [-0.4, -0.2) is 31.9 Å². The fraction of sp³-hybridized carbons (Fsp3) is 0.500. The van der Waals surface area contributed by atoms with E-state index in [0.29, 0.717) is 6.42 Å². The fourth-order valence-electron chi connectivity index (χ4n) is 1.80. The number of nitrogens with one attached hydrogen (secondary N) is 1. The molecule has 7 heteroatoms. The Balaban J connectivity index is 1.94. The number of carbonyl (C=O) groups excluding carboxylic acids is 1. The molecule has 94 valence electrons. The summed E-state index contributed by atoms with van der Waals surface area (Å²) in [5.41, 5.74) is 5.78. The van der Waals surface area contributed by atoms with Crippen molar-refractivity contribution in [2.24, 2.45) is 5.73 Å². The highest BCUT2D eigenvalue weighted by Crippen LogP contribution is 2.18. The summed E-state index contributed by atoms with van der Waals surface area (Å²) in [5.74, 6) is -0.142. The summed E-state index contributed by atoms with van der Waals surface area (Å²) in [5, 5.41) is 4.54. The second-order valence-corrected chi connectivity index (χ2v) is 7.31. The van der Waals surface area contributed by atoms with Gasteiger partial charge in [-0.05, 0) is 17.9 Å². The summed E-state index contributed by atoms with van der Waals surface area (Å²) >= 11 is 1.41. The van der Waals surface area contributed by atoms with E-state index >= 15 is 0 Å². The minimum absolute atomic E-state index is 0.0237. The molecule has 2 atom stereocenters. The van der Waals surface area contributed by atoms with Crippen LogP contribution in [0.25, 0.3) is 0 Å². The van der Waals surface area contributed by atoms with Crippen LogP contribution in [0.2, 0.25) is 0 Å². The molecule has 1 amide bonds. The summed E-state index contributed by atoms with van der Waals surface area (Å²) in [7, 11) is -2.97. The van der Waals surface area contributed by atoms with Gasteiger partial charge in [-0.25, -0.2) is 8.42 Å². The van der Waals surface area contributed by atoms with Crippen LogP contribution in [0.4, 0.5) is 0 Å². The van der Waals surface area contributed by atoms with Crippen LogP contribution in [0.1, 0.15) is 17.3 Å². The van der Waals surface area contributed by atoms with E-state index in [1.165, 1.54) is 11.3 Å². The Morgan fingerprint density at radius 1 is 1.59 bits per heavy atom. The van der Waals surface area contributed by atoms with Gasteiger partial charge in [-0.1, -0.05) is 6.07 Å². The maximum Gasteiger partial charge on any atom is 0.242 e. The van der Waals surface area contributed by atoms with Gasteiger partial charge in [0.2, 0.25) is 5.91 Å². The molecule has 1 aliphatic heterocycles. The molecule has 2 unspecified atom stereocenters. The molecular weight excluding hydrogens is 260 g/mol. The van der Waals surface area contributed by atoms with Crippen LogP contribution in [-0.2, 0) is 14.6 Å². The summed E-state index contributed by atoms with van der Waals surface area (Å²) in [6, 6.07) is 2.62. The highest BCUT2D eigenvalue weighted by atomic mass is 32.2. The van der Waals surface area contributed by atoms with Crippen LogP contribution in [0, 0.1) is 0 Å². The Hall–Kier alpha value is -0.920. The number of nitrogens with two attached hydrogens (primary N) is 1. The maximum atomic E-state index is 11.8. The molecule has 1 aromatic heterocycles. The van der Waals surface area contributed by atoms with E-state index < -0.39 is 15.9 Å². The standard InChI is InChI=1S/C10H14N2O3S2/c11-9(8-2-1-4-16-8)10(13)12-7-3-5-17(14,15)6-7/h1-2,4,7,9H,3,5-6,11H2,(H,12,13). The Morgan fingerprint density at radius 2 is 2.35 bits per heavy atom. The zero-order valence-electron chi connectivity index (χ0n) is 9.13. The molecule has 2 rings (SSSR count). The highest BCUT2D eigenvalue weighted by Gasteiger charge is 2.30. The van der Waals surface area contributed by atoms with Crippen molar-refractivity contribution in [1.82, 2.24) is 5.32 Å². The van der Waals surface area contributed by atoms with Crippen LogP contribution in [0.15, 0.2) is 17.5 Å². The van der Waals surface area contributed by atoms with Gasteiger partial charge < -0.3 is 11.1 Å². The molecule has 0 spiro atoms. The topological polar surface area (TPSA) is 89.3 Å². The molecule has 1 saturated heterocycles. The lowest BCUT2D eigenvalue weighted by Crippen LogP contribution is -2.41. The second-order valence-electron chi connectivity index (χ2n) is 4.10. The molecule has 0 saturated carbocycles. The summed E-state index contributed by atoms with van der Waals surface area (Å²) < 4.78 is 22.5. The van der Waals surface area contributed by atoms with Crippen molar-refractivity contribution < 1.29 is 13.2 Å². The zero-order chi connectivity index (χ0) is 12.5. The predicted octanol–water partition coefficient (Wildman–Crippen LogP) is 0.0512. The Bertz CT molecular complexity index is 496. The van der Waals surface area contributed by atoms with Crippen molar-refractivity contribution >= 4 is 27.1 Å². The zero-order valence-corrected chi connectivity index (χ0v) is 10.8. The van der Waals surface area contributed by atoms with Crippen molar-refractivity contribution in [2.45, 2.75) is 18.5 Å². The van der Waals surface area contributed by atoms with E-state index in [1.807, 2.05) is 11.4 Å². The Kier molecular flexibility index (Phi) is 3.50. The van der Waals surface area contributed by atoms with Gasteiger partial charge in [0.15, 0.2) is 9.84 Å². The average Bonchev–Trinajstić information content (AvgIpc) is 2.86. The van der Waals surface area contributed by atoms with Gasteiger partial charge >= 0.3 is 0 Å². The van der Waals surface area contributed by atoms with Crippen molar-refractivity contribution in [1.29, 1.82) is 0 Å². The normalized spacial score (nSPS) is 24.4. The van der Waals surface area contributed by atoms with Crippen molar-refractivity contribution in [2.75, 3.05) is 11.5 Å². The van der Waals surface area contributed by atoms with Crippen LogP contribution in [0.3, 0.4) is 0 Å². The molecule has 3 N–H and O–H groups in total. The third-order valence-corrected chi connectivity index (χ3v) is 5.43. The van der Waals surface area contributed by atoms with E-state index in [0.717, 1.165) is 4.88 Å². The maximum absolute atomic E-state index is 11.8. The van der Waals surface area contributed by atoms with E-state index in [1.54, 1.807) is 6.07 Å². The molecule has 0 aliphatic carbocycles. The highest BCUT2D eigenvalue weighted by molar-refractivity contribution is 7.91. The summed E-state index contributed by atoms with van der Waals surface area (Å²) in [6.45, 7) is 0. The third-order valence-electron chi connectivity index (χ3n) is 2.71. The minimum Gasteiger partial charge on any atom is -0.351 e. The molecule has 0 aromatic carbocycles. The second kappa shape index (κ2) is 4.75. The number of rotatable bonds is 3. The number of hydrogen-bond acceptors (Lipinski definition) is 5. The van der Waals surface area contributed by atoms with E-state index in [-0.39, 0.29) is 23.5 Å². The first-order valence-electron chi connectivity index (χ1n) is 5.28. The molecule has 1 fully saturated rings. The number of sulfone groups is 1. The Labute approximate surface area is 104 Å².